The molecule has 0 aliphatic carbocycles. The summed E-state index contributed by atoms with van der Waals surface area (Å²) < 4.78 is 6.45. The lowest BCUT2D eigenvalue weighted by Crippen LogP contribution is -2.41. The van der Waals surface area contributed by atoms with Crippen LogP contribution in [0.4, 0.5) is 5.69 Å². The van der Waals surface area contributed by atoms with Crippen molar-refractivity contribution >= 4 is 32.7 Å². The maximum Gasteiger partial charge on any atom is 0.112 e. The van der Waals surface area contributed by atoms with Crippen LogP contribution in [0.25, 0.3) is 11.0 Å². The topological polar surface area (TPSA) is 50.3 Å². The quantitative estimate of drug-likeness (QED) is 0.867. The van der Waals surface area contributed by atoms with Gasteiger partial charge in [0.05, 0.1) is 17.8 Å². The number of nitrogens with one attached hydrogen (secondary N) is 1. The fourth-order valence-corrected chi connectivity index (χ4v) is 4.01. The van der Waals surface area contributed by atoms with Gasteiger partial charge >= 0.3 is 0 Å². The normalized spacial score (nSPS) is 23.0. The zero-order valence-corrected chi connectivity index (χ0v) is 15.3. The van der Waals surface area contributed by atoms with E-state index in [1.807, 2.05) is 24.5 Å². The van der Waals surface area contributed by atoms with E-state index in [0.29, 0.717) is 6.04 Å². The van der Waals surface area contributed by atoms with Crippen LogP contribution in [0.5, 0.6) is 0 Å². The first-order valence-electron chi connectivity index (χ1n) is 8.75. The Morgan fingerprint density at radius 1 is 1.25 bits per heavy atom. The van der Waals surface area contributed by atoms with Gasteiger partial charge in [-0.3, -0.25) is 9.97 Å². The molecule has 0 saturated carbocycles. The predicted octanol–water partition coefficient (Wildman–Crippen LogP) is 3.31. The number of piperidine rings is 1. The number of rotatable bonds is 4. The van der Waals surface area contributed by atoms with Crippen LogP contribution in [0.1, 0.15) is 19.3 Å². The fourth-order valence-electron chi connectivity index (χ4n) is 3.69. The van der Waals surface area contributed by atoms with E-state index in [4.69, 9.17) is 4.74 Å². The van der Waals surface area contributed by atoms with Crippen LogP contribution in [-0.4, -0.2) is 53.8 Å². The van der Waals surface area contributed by atoms with E-state index in [2.05, 4.69) is 36.1 Å². The predicted molar refractivity (Wildman–Crippen MR) is 99.2 cm³/mol. The van der Waals surface area contributed by atoms with Crippen molar-refractivity contribution in [1.29, 1.82) is 0 Å². The van der Waals surface area contributed by atoms with E-state index >= 15 is 0 Å². The lowest BCUT2D eigenvalue weighted by molar-refractivity contribution is 0.154. The van der Waals surface area contributed by atoms with Gasteiger partial charge in [0.2, 0.25) is 0 Å². The van der Waals surface area contributed by atoms with E-state index < -0.39 is 0 Å². The van der Waals surface area contributed by atoms with Crippen LogP contribution in [-0.2, 0) is 4.74 Å². The highest BCUT2D eigenvalue weighted by Gasteiger charge is 2.24. The molecule has 6 heteroatoms. The van der Waals surface area contributed by atoms with Crippen molar-refractivity contribution in [2.24, 2.45) is 5.92 Å². The Hall–Kier alpha value is -1.24. The number of halogens is 1. The molecule has 24 heavy (non-hydrogen) atoms. The van der Waals surface area contributed by atoms with Crippen LogP contribution < -0.4 is 5.32 Å². The highest BCUT2D eigenvalue weighted by Crippen LogP contribution is 2.25. The molecule has 1 atom stereocenters. The third kappa shape index (κ3) is 3.71. The molecule has 2 saturated heterocycles. The summed E-state index contributed by atoms with van der Waals surface area (Å²) in [5, 5.41) is 3.69. The number of hydrogen-bond donors (Lipinski definition) is 1. The van der Waals surface area contributed by atoms with Gasteiger partial charge in [0.15, 0.2) is 0 Å². The van der Waals surface area contributed by atoms with Gasteiger partial charge in [-0.05, 0) is 53.2 Å². The smallest absolute Gasteiger partial charge is 0.112 e. The van der Waals surface area contributed by atoms with Crippen LogP contribution in [0.2, 0.25) is 0 Å². The second kappa shape index (κ2) is 7.33. The molecular weight excluding hydrogens is 368 g/mol. The Morgan fingerprint density at radius 2 is 2.12 bits per heavy atom. The van der Waals surface area contributed by atoms with Gasteiger partial charge in [0.1, 0.15) is 5.52 Å². The molecule has 4 heterocycles. The molecule has 2 aliphatic heterocycles. The minimum atomic E-state index is 0.511. The average molecular weight is 391 g/mol. The lowest BCUT2D eigenvalue weighted by Gasteiger charge is -2.34. The van der Waals surface area contributed by atoms with E-state index in [-0.39, 0.29) is 0 Å². The van der Waals surface area contributed by atoms with Gasteiger partial charge in [-0.15, -0.1) is 0 Å². The van der Waals surface area contributed by atoms with Crippen molar-refractivity contribution in [2.75, 3.05) is 38.2 Å². The van der Waals surface area contributed by atoms with E-state index in [1.54, 1.807) is 0 Å². The highest BCUT2D eigenvalue weighted by molar-refractivity contribution is 9.10. The fraction of sp³-hybridized carbons (Fsp3) is 0.556. The molecule has 2 aliphatic rings. The zero-order valence-electron chi connectivity index (χ0n) is 13.7. The van der Waals surface area contributed by atoms with Crippen LogP contribution in [0.3, 0.4) is 0 Å². The summed E-state index contributed by atoms with van der Waals surface area (Å²) in [7, 11) is 0. The number of likely N-dealkylation sites (tertiary alicyclic amines) is 1. The van der Waals surface area contributed by atoms with Crippen molar-refractivity contribution in [3.8, 4) is 0 Å². The maximum atomic E-state index is 5.49. The number of nitrogens with zero attached hydrogens (tertiary/aromatic N) is 3. The van der Waals surface area contributed by atoms with Gasteiger partial charge in [-0.1, -0.05) is 0 Å². The largest absolute Gasteiger partial charge is 0.381 e. The molecule has 0 bridgehead atoms. The van der Waals surface area contributed by atoms with Crippen molar-refractivity contribution in [3.63, 3.8) is 0 Å². The first kappa shape index (κ1) is 16.2. The van der Waals surface area contributed by atoms with E-state index in [0.717, 1.165) is 53.4 Å². The lowest BCUT2D eigenvalue weighted by atomic mass is 10.0. The molecule has 5 nitrogen and oxygen atoms in total. The summed E-state index contributed by atoms with van der Waals surface area (Å²) >= 11 is 3.46. The molecule has 0 spiro atoms. The van der Waals surface area contributed by atoms with Crippen molar-refractivity contribution in [2.45, 2.75) is 25.3 Å². The Bertz CT molecular complexity index is 696. The molecular formula is C18H23BrN4O. The minimum Gasteiger partial charge on any atom is -0.381 e. The van der Waals surface area contributed by atoms with Crippen molar-refractivity contribution < 1.29 is 4.74 Å². The Kier molecular flexibility index (Phi) is 4.96. The Morgan fingerprint density at radius 3 is 2.92 bits per heavy atom. The summed E-state index contributed by atoms with van der Waals surface area (Å²) in [6, 6.07) is 4.56. The standard InChI is InChI=1S/C18H23BrN4O/c19-14-9-17-18(21-10-14)16(1-5-20-17)22-15-2-6-23(7-3-15)11-13-4-8-24-12-13/h1,5,9-10,13,15H,2-4,6-8,11-12H2,(H,20,22). The molecule has 0 aromatic carbocycles. The zero-order chi connectivity index (χ0) is 16.4. The summed E-state index contributed by atoms with van der Waals surface area (Å²) in [6.07, 6.45) is 7.26. The first-order valence-corrected chi connectivity index (χ1v) is 9.54. The Labute approximate surface area is 150 Å². The average Bonchev–Trinajstić information content (AvgIpc) is 3.09. The highest BCUT2D eigenvalue weighted by atomic mass is 79.9. The summed E-state index contributed by atoms with van der Waals surface area (Å²) in [4.78, 5) is 11.5. The third-order valence-corrected chi connectivity index (χ3v) is 5.47. The number of pyridine rings is 2. The molecule has 128 valence electrons. The molecule has 1 unspecified atom stereocenters. The van der Waals surface area contributed by atoms with Crippen LogP contribution in [0, 0.1) is 5.92 Å². The minimum absolute atomic E-state index is 0.511. The van der Waals surface area contributed by atoms with Crippen molar-refractivity contribution in [3.05, 3.63) is 29.0 Å². The van der Waals surface area contributed by atoms with Crippen molar-refractivity contribution in [1.82, 2.24) is 14.9 Å². The second-order valence-electron chi connectivity index (χ2n) is 6.83. The summed E-state index contributed by atoms with van der Waals surface area (Å²) in [5.41, 5.74) is 2.97. The number of hydrogen-bond acceptors (Lipinski definition) is 5. The molecule has 2 aromatic rings. The molecule has 2 aromatic heterocycles. The third-order valence-electron chi connectivity index (χ3n) is 5.03. The molecule has 4 rings (SSSR count). The summed E-state index contributed by atoms with van der Waals surface area (Å²) in [5.74, 6) is 0.737. The van der Waals surface area contributed by atoms with Gasteiger partial charge in [-0.2, -0.15) is 0 Å². The molecule has 0 amide bonds. The first-order chi connectivity index (χ1) is 11.8. The van der Waals surface area contributed by atoms with Gasteiger partial charge in [0, 0.05) is 49.1 Å². The number of anilines is 1. The maximum absolute atomic E-state index is 5.49. The Balaban J connectivity index is 1.37. The molecule has 1 N–H and O–H groups in total. The monoisotopic (exact) mass is 390 g/mol. The summed E-state index contributed by atoms with van der Waals surface area (Å²) in [6.45, 7) is 5.41. The van der Waals surface area contributed by atoms with Gasteiger partial charge in [-0.25, -0.2) is 0 Å². The van der Waals surface area contributed by atoms with E-state index in [1.165, 1.54) is 25.8 Å². The second-order valence-corrected chi connectivity index (χ2v) is 7.74. The number of fused-ring (bicyclic) bond motifs is 1. The van der Waals surface area contributed by atoms with Gasteiger partial charge in [0.25, 0.3) is 0 Å². The van der Waals surface area contributed by atoms with Crippen LogP contribution >= 0.6 is 15.9 Å². The van der Waals surface area contributed by atoms with Crippen LogP contribution in [0.15, 0.2) is 29.0 Å². The number of ether oxygens (including phenoxy) is 1. The van der Waals surface area contributed by atoms with Gasteiger partial charge < -0.3 is 15.0 Å². The van der Waals surface area contributed by atoms with E-state index in [9.17, 15) is 0 Å². The molecule has 2 fully saturated rings. The SMILES string of the molecule is Brc1cnc2c(NC3CCN(CC4CCOC4)CC3)ccnc2c1. The number of aromatic nitrogens is 2. The molecule has 0 radical (unpaired) electrons.